The SMILES string of the molecule is CCOCCCCC1(O)C2=NCC(C)(C)CN2c2ccccc21. The number of rotatable bonds is 6. The molecule has 0 aliphatic carbocycles. The molecule has 0 bridgehead atoms. The van der Waals surface area contributed by atoms with Crippen LogP contribution in [0.25, 0.3) is 0 Å². The fourth-order valence-electron chi connectivity index (χ4n) is 3.64. The summed E-state index contributed by atoms with van der Waals surface area (Å²) >= 11 is 0. The molecule has 0 amide bonds. The lowest BCUT2D eigenvalue weighted by atomic mass is 9.87. The van der Waals surface area contributed by atoms with Crippen molar-refractivity contribution in [2.45, 2.75) is 45.6 Å². The van der Waals surface area contributed by atoms with Crippen molar-refractivity contribution in [2.24, 2.45) is 10.4 Å². The minimum atomic E-state index is -0.945. The first-order valence-corrected chi connectivity index (χ1v) is 8.70. The van der Waals surface area contributed by atoms with Crippen LogP contribution < -0.4 is 4.90 Å². The predicted molar refractivity (Wildman–Crippen MR) is 94.1 cm³/mol. The zero-order chi connectivity index (χ0) is 16.5. The average Bonchev–Trinajstić information content (AvgIpc) is 2.76. The van der Waals surface area contributed by atoms with E-state index in [2.05, 4.69) is 24.8 Å². The van der Waals surface area contributed by atoms with Crippen molar-refractivity contribution in [1.82, 2.24) is 0 Å². The Morgan fingerprint density at radius 1 is 1.26 bits per heavy atom. The molecule has 2 aliphatic heterocycles. The van der Waals surface area contributed by atoms with Crippen molar-refractivity contribution in [1.29, 1.82) is 0 Å². The fraction of sp³-hybridized carbons (Fsp3) is 0.632. The zero-order valence-corrected chi connectivity index (χ0v) is 14.5. The molecule has 0 spiro atoms. The number of nitrogens with zero attached hydrogens (tertiary/aromatic N) is 2. The lowest BCUT2D eigenvalue weighted by molar-refractivity contribution is 0.0915. The standard InChI is InChI=1S/C19H28N2O2/c1-4-23-12-8-7-11-19(22)15-9-5-6-10-16(15)21-14-18(2,3)13-20-17(19)21/h5-6,9-10,22H,4,7-8,11-14H2,1-3H3. The number of unbranched alkanes of at least 4 members (excludes halogenated alkanes) is 1. The third-order valence-corrected chi connectivity index (χ3v) is 4.79. The third-order valence-electron chi connectivity index (χ3n) is 4.79. The lowest BCUT2D eigenvalue weighted by Gasteiger charge is -2.37. The summed E-state index contributed by atoms with van der Waals surface area (Å²) in [6.45, 7) is 9.67. The molecular formula is C19H28N2O2. The second-order valence-corrected chi connectivity index (χ2v) is 7.42. The van der Waals surface area contributed by atoms with E-state index in [0.717, 1.165) is 56.2 Å². The molecule has 1 atom stereocenters. The number of hydrogen-bond acceptors (Lipinski definition) is 4. The highest BCUT2D eigenvalue weighted by atomic mass is 16.5. The molecule has 0 saturated heterocycles. The second-order valence-electron chi connectivity index (χ2n) is 7.42. The molecular weight excluding hydrogens is 288 g/mol. The Balaban J connectivity index is 1.85. The first-order chi connectivity index (χ1) is 11.0. The van der Waals surface area contributed by atoms with E-state index < -0.39 is 5.60 Å². The molecule has 3 rings (SSSR count). The van der Waals surface area contributed by atoms with Gasteiger partial charge in [-0.05, 0) is 32.3 Å². The molecule has 0 fully saturated rings. The summed E-state index contributed by atoms with van der Waals surface area (Å²) in [6, 6.07) is 8.20. The molecule has 1 aromatic rings. The number of anilines is 1. The molecule has 1 aromatic carbocycles. The Bertz CT molecular complexity index is 597. The highest BCUT2D eigenvalue weighted by Crippen LogP contribution is 2.46. The van der Waals surface area contributed by atoms with E-state index in [9.17, 15) is 5.11 Å². The van der Waals surface area contributed by atoms with Crippen LogP contribution in [-0.4, -0.2) is 37.2 Å². The molecule has 4 nitrogen and oxygen atoms in total. The molecule has 0 aromatic heterocycles. The molecule has 2 heterocycles. The van der Waals surface area contributed by atoms with Gasteiger partial charge in [0.15, 0.2) is 0 Å². The molecule has 1 unspecified atom stereocenters. The van der Waals surface area contributed by atoms with Crippen LogP contribution in [0.15, 0.2) is 29.3 Å². The van der Waals surface area contributed by atoms with Crippen LogP contribution in [0.4, 0.5) is 5.69 Å². The van der Waals surface area contributed by atoms with Crippen molar-refractivity contribution in [2.75, 3.05) is 31.2 Å². The first kappa shape index (κ1) is 16.5. The summed E-state index contributed by atoms with van der Waals surface area (Å²) in [7, 11) is 0. The van der Waals surface area contributed by atoms with Gasteiger partial charge in [0, 0.05) is 43.0 Å². The molecule has 2 aliphatic rings. The zero-order valence-electron chi connectivity index (χ0n) is 14.5. The molecule has 0 saturated carbocycles. The summed E-state index contributed by atoms with van der Waals surface area (Å²) < 4.78 is 5.41. The van der Waals surface area contributed by atoms with Gasteiger partial charge >= 0.3 is 0 Å². The maximum Gasteiger partial charge on any atom is 0.149 e. The van der Waals surface area contributed by atoms with Crippen LogP contribution in [-0.2, 0) is 10.3 Å². The van der Waals surface area contributed by atoms with Crippen LogP contribution >= 0.6 is 0 Å². The highest BCUT2D eigenvalue weighted by molar-refractivity contribution is 6.10. The van der Waals surface area contributed by atoms with Gasteiger partial charge in [-0.3, -0.25) is 4.99 Å². The quantitative estimate of drug-likeness (QED) is 0.819. The summed E-state index contributed by atoms with van der Waals surface area (Å²) in [6.07, 6.45) is 2.60. The van der Waals surface area contributed by atoms with Crippen LogP contribution in [0, 0.1) is 5.41 Å². The minimum Gasteiger partial charge on any atom is -0.382 e. The number of ether oxygens (including phenoxy) is 1. The molecule has 0 radical (unpaired) electrons. The number of amidine groups is 1. The maximum atomic E-state index is 11.5. The van der Waals surface area contributed by atoms with Gasteiger partial charge in [-0.2, -0.15) is 0 Å². The second kappa shape index (κ2) is 6.25. The molecule has 23 heavy (non-hydrogen) atoms. The van der Waals surface area contributed by atoms with Crippen molar-refractivity contribution in [3.05, 3.63) is 29.8 Å². The number of hydrogen-bond donors (Lipinski definition) is 1. The summed E-state index contributed by atoms with van der Waals surface area (Å²) in [5, 5.41) is 11.5. The van der Waals surface area contributed by atoms with Crippen LogP contribution in [0.3, 0.4) is 0 Å². The van der Waals surface area contributed by atoms with Gasteiger partial charge in [-0.1, -0.05) is 32.0 Å². The van der Waals surface area contributed by atoms with Gasteiger partial charge in [-0.25, -0.2) is 0 Å². The van der Waals surface area contributed by atoms with E-state index in [1.807, 2.05) is 25.1 Å². The Kier molecular flexibility index (Phi) is 4.47. The van der Waals surface area contributed by atoms with Crippen molar-refractivity contribution >= 4 is 11.5 Å². The average molecular weight is 316 g/mol. The van der Waals surface area contributed by atoms with E-state index in [-0.39, 0.29) is 5.41 Å². The van der Waals surface area contributed by atoms with Gasteiger partial charge in [0.2, 0.25) is 0 Å². The number of para-hydroxylation sites is 1. The Labute approximate surface area is 139 Å². The largest absolute Gasteiger partial charge is 0.382 e. The fourth-order valence-corrected chi connectivity index (χ4v) is 3.64. The number of aliphatic imine (C=N–C) groups is 1. The van der Waals surface area contributed by atoms with E-state index in [1.165, 1.54) is 0 Å². The number of fused-ring (bicyclic) bond motifs is 3. The summed E-state index contributed by atoms with van der Waals surface area (Å²) in [4.78, 5) is 7.01. The monoisotopic (exact) mass is 316 g/mol. The van der Waals surface area contributed by atoms with Crippen LogP contribution in [0.2, 0.25) is 0 Å². The van der Waals surface area contributed by atoms with Gasteiger partial charge in [0.05, 0.1) is 0 Å². The Hall–Kier alpha value is -1.39. The molecule has 1 N–H and O–H groups in total. The normalized spacial score (nSPS) is 25.0. The van der Waals surface area contributed by atoms with Crippen molar-refractivity contribution in [3.8, 4) is 0 Å². The summed E-state index contributed by atoms with van der Waals surface area (Å²) in [5.74, 6) is 0.842. The summed E-state index contributed by atoms with van der Waals surface area (Å²) in [5.41, 5.74) is 1.31. The number of benzene rings is 1. The maximum absolute atomic E-state index is 11.5. The van der Waals surface area contributed by atoms with Crippen LogP contribution in [0.5, 0.6) is 0 Å². The van der Waals surface area contributed by atoms with E-state index in [4.69, 9.17) is 9.73 Å². The third kappa shape index (κ3) is 3.02. The van der Waals surface area contributed by atoms with E-state index in [0.29, 0.717) is 6.42 Å². The highest BCUT2D eigenvalue weighted by Gasteiger charge is 2.49. The minimum absolute atomic E-state index is 0.136. The Morgan fingerprint density at radius 2 is 2.04 bits per heavy atom. The molecule has 4 heteroatoms. The van der Waals surface area contributed by atoms with Crippen LogP contribution in [0.1, 0.15) is 45.6 Å². The van der Waals surface area contributed by atoms with E-state index in [1.54, 1.807) is 0 Å². The van der Waals surface area contributed by atoms with Crippen molar-refractivity contribution < 1.29 is 9.84 Å². The van der Waals surface area contributed by atoms with Gasteiger partial charge < -0.3 is 14.7 Å². The first-order valence-electron chi connectivity index (χ1n) is 8.70. The number of aliphatic hydroxyl groups is 1. The van der Waals surface area contributed by atoms with Crippen molar-refractivity contribution in [3.63, 3.8) is 0 Å². The van der Waals surface area contributed by atoms with E-state index >= 15 is 0 Å². The predicted octanol–water partition coefficient (Wildman–Crippen LogP) is 3.34. The smallest absolute Gasteiger partial charge is 0.149 e. The lowest BCUT2D eigenvalue weighted by Crippen LogP contribution is -2.48. The topological polar surface area (TPSA) is 45.1 Å². The Morgan fingerprint density at radius 3 is 2.83 bits per heavy atom. The molecule has 126 valence electrons. The van der Waals surface area contributed by atoms with Gasteiger partial charge in [0.1, 0.15) is 11.4 Å². The van der Waals surface area contributed by atoms with Gasteiger partial charge in [0.25, 0.3) is 0 Å². The van der Waals surface area contributed by atoms with Gasteiger partial charge in [-0.15, -0.1) is 0 Å².